The summed E-state index contributed by atoms with van der Waals surface area (Å²) in [7, 11) is 0. The van der Waals surface area contributed by atoms with Crippen molar-refractivity contribution < 1.29 is 19.3 Å². The van der Waals surface area contributed by atoms with Gasteiger partial charge in [-0.2, -0.15) is 0 Å². The number of urea groups is 1. The lowest BCUT2D eigenvalue weighted by molar-refractivity contribution is -0.384. The molecule has 1 atom stereocenters. The van der Waals surface area contributed by atoms with Crippen LogP contribution in [0.5, 0.6) is 0 Å². The molecule has 0 aliphatic carbocycles. The number of rotatable bonds is 4. The highest BCUT2D eigenvalue weighted by atomic mass is 16.6. The lowest BCUT2D eigenvalue weighted by Crippen LogP contribution is -2.42. The van der Waals surface area contributed by atoms with Gasteiger partial charge in [0, 0.05) is 17.5 Å². The largest absolute Gasteiger partial charge is 0.325 e. The van der Waals surface area contributed by atoms with Crippen LogP contribution in [0.15, 0.2) is 24.3 Å². The van der Waals surface area contributed by atoms with Crippen LogP contribution in [0.3, 0.4) is 0 Å². The van der Waals surface area contributed by atoms with Crippen LogP contribution >= 0.6 is 0 Å². The predicted octanol–water partition coefficient (Wildman–Crippen LogP) is 1.98. The number of benzene rings is 1. The number of nitrogens with zero attached hydrogens (tertiary/aromatic N) is 2. The molecule has 8 nitrogen and oxygen atoms in total. The molecule has 0 aromatic heterocycles. The molecule has 1 aliphatic rings. The third-order valence-electron chi connectivity index (χ3n) is 4.07. The molecule has 1 N–H and O–H groups in total. The van der Waals surface area contributed by atoms with E-state index in [1.807, 2.05) is 0 Å². The number of hydrogen-bond donors (Lipinski definition) is 1. The average Bonchev–Trinajstić information content (AvgIpc) is 2.70. The molecule has 1 saturated heterocycles. The average molecular weight is 333 g/mol. The van der Waals surface area contributed by atoms with Gasteiger partial charge in [-0.15, -0.1) is 0 Å². The maximum atomic E-state index is 12.7. The molecule has 3 amide bonds. The summed E-state index contributed by atoms with van der Waals surface area (Å²) in [6.07, 6.45) is 0. The monoisotopic (exact) mass is 333 g/mol. The van der Waals surface area contributed by atoms with Crippen molar-refractivity contribution in [3.8, 4) is 0 Å². The molecule has 2 rings (SSSR count). The minimum atomic E-state index is -1.36. The van der Waals surface area contributed by atoms with E-state index in [4.69, 9.17) is 0 Å². The highest BCUT2D eigenvalue weighted by Gasteiger charge is 2.50. The second kappa shape index (κ2) is 5.70. The Balaban J connectivity index is 2.29. The lowest BCUT2D eigenvalue weighted by atomic mass is 9.89. The van der Waals surface area contributed by atoms with E-state index in [1.165, 1.54) is 31.2 Å². The van der Waals surface area contributed by atoms with Gasteiger partial charge in [-0.25, -0.2) is 4.79 Å². The summed E-state index contributed by atoms with van der Waals surface area (Å²) in [5.41, 5.74) is -1.73. The van der Waals surface area contributed by atoms with Crippen molar-refractivity contribution in [3.63, 3.8) is 0 Å². The van der Waals surface area contributed by atoms with E-state index >= 15 is 0 Å². The van der Waals surface area contributed by atoms with E-state index in [1.54, 1.807) is 20.8 Å². The zero-order chi connectivity index (χ0) is 18.3. The number of carbonyl (C=O) groups is 3. The fourth-order valence-electron chi connectivity index (χ4n) is 2.33. The lowest BCUT2D eigenvalue weighted by Gasteiger charge is -2.23. The molecular weight excluding hydrogens is 314 g/mol. The molecule has 24 heavy (non-hydrogen) atoms. The van der Waals surface area contributed by atoms with Gasteiger partial charge in [-0.1, -0.05) is 20.8 Å². The van der Waals surface area contributed by atoms with Gasteiger partial charge >= 0.3 is 6.03 Å². The second-order valence-corrected chi connectivity index (χ2v) is 6.92. The van der Waals surface area contributed by atoms with E-state index in [9.17, 15) is 24.5 Å². The number of nitro benzene ring substituents is 1. The fraction of sp³-hybridized carbons (Fsp3) is 0.438. The van der Waals surface area contributed by atoms with E-state index < -0.39 is 27.8 Å². The number of amides is 3. The van der Waals surface area contributed by atoms with Gasteiger partial charge in [0.1, 0.15) is 5.54 Å². The molecule has 1 aromatic rings. The van der Waals surface area contributed by atoms with Crippen LogP contribution in [0.1, 0.15) is 33.3 Å². The number of hydrogen-bond acceptors (Lipinski definition) is 5. The van der Waals surface area contributed by atoms with Gasteiger partial charge < -0.3 is 5.32 Å². The first kappa shape index (κ1) is 17.6. The highest BCUT2D eigenvalue weighted by molar-refractivity contribution is 6.09. The van der Waals surface area contributed by atoms with Crippen molar-refractivity contribution in [1.29, 1.82) is 0 Å². The summed E-state index contributed by atoms with van der Waals surface area (Å²) >= 11 is 0. The summed E-state index contributed by atoms with van der Waals surface area (Å²) in [6.45, 7) is 6.34. The Labute approximate surface area is 139 Å². The van der Waals surface area contributed by atoms with Gasteiger partial charge in [0.2, 0.25) is 0 Å². The second-order valence-electron chi connectivity index (χ2n) is 6.92. The minimum absolute atomic E-state index is 0.112. The maximum absolute atomic E-state index is 12.7. The van der Waals surface area contributed by atoms with Crippen molar-refractivity contribution in [2.24, 2.45) is 5.41 Å². The van der Waals surface area contributed by atoms with Crippen LogP contribution in [0, 0.1) is 15.5 Å². The summed E-state index contributed by atoms with van der Waals surface area (Å²) in [6, 6.07) is 4.72. The van der Waals surface area contributed by atoms with Crippen molar-refractivity contribution in [2.75, 3.05) is 6.54 Å². The summed E-state index contributed by atoms with van der Waals surface area (Å²) < 4.78 is 0. The zero-order valence-corrected chi connectivity index (χ0v) is 14.0. The number of Topliss-reactive ketones (excluding diaryl/α,β-unsaturated/α-hetero) is 1. The first-order valence-corrected chi connectivity index (χ1v) is 7.39. The first-order valence-electron chi connectivity index (χ1n) is 7.39. The molecule has 0 bridgehead atoms. The Bertz CT molecular complexity index is 720. The third kappa shape index (κ3) is 2.99. The summed E-state index contributed by atoms with van der Waals surface area (Å²) in [5.74, 6) is -0.794. The molecule has 0 saturated carbocycles. The van der Waals surface area contributed by atoms with Gasteiger partial charge in [0.15, 0.2) is 5.78 Å². The smallest absolute Gasteiger partial charge is 0.319 e. The van der Waals surface area contributed by atoms with E-state index in [2.05, 4.69) is 5.32 Å². The number of imide groups is 1. The molecule has 128 valence electrons. The molecule has 8 heteroatoms. The van der Waals surface area contributed by atoms with Crippen molar-refractivity contribution in [2.45, 2.75) is 33.2 Å². The summed E-state index contributed by atoms with van der Waals surface area (Å²) in [5, 5.41) is 13.3. The Morgan fingerprint density at radius 3 is 2.25 bits per heavy atom. The van der Waals surface area contributed by atoms with E-state index in [0.717, 1.165) is 4.90 Å². The quantitative estimate of drug-likeness (QED) is 0.514. The van der Waals surface area contributed by atoms with Crippen LogP contribution in [0.4, 0.5) is 10.5 Å². The number of nitrogens with one attached hydrogen (secondary N) is 1. The molecule has 0 spiro atoms. The first-order chi connectivity index (χ1) is 11.0. The fourth-order valence-corrected chi connectivity index (χ4v) is 2.33. The number of non-ortho nitro benzene ring substituents is 1. The molecule has 1 aliphatic heterocycles. The predicted molar refractivity (Wildman–Crippen MR) is 85.2 cm³/mol. The van der Waals surface area contributed by atoms with Crippen molar-refractivity contribution >= 4 is 23.4 Å². The van der Waals surface area contributed by atoms with Crippen LogP contribution in [0.2, 0.25) is 0 Å². The SMILES string of the molecule is CC(C)(C)C(=O)CN1C(=O)N[C@](C)(c2ccc([N+](=O)[O-])cc2)C1=O. The summed E-state index contributed by atoms with van der Waals surface area (Å²) in [4.78, 5) is 48.0. The minimum Gasteiger partial charge on any atom is -0.319 e. The van der Waals surface area contributed by atoms with Crippen LogP contribution in [0.25, 0.3) is 0 Å². The van der Waals surface area contributed by atoms with E-state index in [0.29, 0.717) is 5.56 Å². The zero-order valence-electron chi connectivity index (χ0n) is 14.0. The van der Waals surface area contributed by atoms with Crippen molar-refractivity contribution in [1.82, 2.24) is 10.2 Å². The molecule has 0 unspecified atom stereocenters. The normalized spacial score (nSPS) is 20.9. The van der Waals surface area contributed by atoms with Crippen LogP contribution in [-0.2, 0) is 15.1 Å². The van der Waals surface area contributed by atoms with Gasteiger partial charge in [-0.05, 0) is 24.6 Å². The molecule has 1 heterocycles. The van der Waals surface area contributed by atoms with E-state index in [-0.39, 0.29) is 18.0 Å². The number of nitro groups is 1. The molecular formula is C16H19N3O5. The highest BCUT2D eigenvalue weighted by Crippen LogP contribution is 2.30. The number of ketones is 1. The van der Waals surface area contributed by atoms with Crippen molar-refractivity contribution in [3.05, 3.63) is 39.9 Å². The third-order valence-corrected chi connectivity index (χ3v) is 4.07. The Kier molecular flexibility index (Phi) is 4.18. The molecule has 1 fully saturated rings. The van der Waals surface area contributed by atoms with Gasteiger partial charge in [0.25, 0.3) is 11.6 Å². The standard InChI is InChI=1S/C16H19N3O5/c1-15(2,3)12(20)9-18-13(21)16(4,17-14(18)22)10-5-7-11(8-6-10)19(23)24/h5-8H,9H2,1-4H3,(H,17,22)/t16-/m1/s1. The van der Waals surface area contributed by atoms with Gasteiger partial charge in [-0.3, -0.25) is 24.6 Å². The Hall–Kier alpha value is -2.77. The maximum Gasteiger partial charge on any atom is 0.325 e. The Morgan fingerprint density at radius 2 is 1.79 bits per heavy atom. The van der Waals surface area contributed by atoms with Gasteiger partial charge in [0.05, 0.1) is 11.5 Å². The van der Waals surface area contributed by atoms with Crippen LogP contribution in [-0.4, -0.2) is 34.1 Å². The Morgan fingerprint density at radius 1 is 1.25 bits per heavy atom. The number of carbonyl (C=O) groups excluding carboxylic acids is 3. The topological polar surface area (TPSA) is 110 Å². The molecule has 1 aromatic carbocycles. The van der Waals surface area contributed by atoms with Crippen LogP contribution < -0.4 is 5.32 Å². The molecule has 0 radical (unpaired) electrons.